The Bertz CT molecular complexity index is 589. The molecular weight excluding hydrogens is 345 g/mol. The van der Waals surface area contributed by atoms with Crippen LogP contribution in [-0.4, -0.2) is 42.0 Å². The number of rotatable bonds is 4. The molecule has 8 heteroatoms. The number of amides is 1. The van der Waals surface area contributed by atoms with Crippen LogP contribution >= 0.6 is 36.2 Å². The number of halogens is 2. The number of likely N-dealkylation sites (N-methyl/N-ethyl adjacent to an activating group) is 1. The summed E-state index contributed by atoms with van der Waals surface area (Å²) in [7, 11) is 1.92. The molecule has 2 aromatic heterocycles. The standard InChI is InChI=1S/C14H17N3O2S.2ClH/c1-15-7-11-3-2-5-17(11)14(18)12-9-20-13(16-12)10-4-6-19-8-10;;/h4,6,8-9,11,15H,2-3,5,7H2,1H3;2*1H. The molecule has 0 bridgehead atoms. The van der Waals surface area contributed by atoms with Crippen LogP contribution in [0.25, 0.3) is 10.6 Å². The van der Waals surface area contributed by atoms with Gasteiger partial charge in [-0.15, -0.1) is 36.2 Å². The Balaban J connectivity index is 0.00000121. The third kappa shape index (κ3) is 3.81. The first-order chi connectivity index (χ1) is 9.79. The van der Waals surface area contributed by atoms with E-state index in [2.05, 4.69) is 10.3 Å². The molecule has 1 aliphatic rings. The van der Waals surface area contributed by atoms with Gasteiger partial charge >= 0.3 is 0 Å². The van der Waals surface area contributed by atoms with Crippen LogP contribution in [0.3, 0.4) is 0 Å². The fourth-order valence-corrected chi connectivity index (χ4v) is 3.37. The van der Waals surface area contributed by atoms with E-state index in [9.17, 15) is 4.79 Å². The van der Waals surface area contributed by atoms with Gasteiger partial charge in [0, 0.05) is 30.1 Å². The molecule has 2 aromatic rings. The zero-order chi connectivity index (χ0) is 13.9. The van der Waals surface area contributed by atoms with Crippen LogP contribution < -0.4 is 5.32 Å². The van der Waals surface area contributed by atoms with E-state index in [0.717, 1.165) is 36.5 Å². The summed E-state index contributed by atoms with van der Waals surface area (Å²) >= 11 is 1.47. The predicted molar refractivity (Wildman–Crippen MR) is 92.3 cm³/mol. The summed E-state index contributed by atoms with van der Waals surface area (Å²) in [5.74, 6) is 0.0359. The van der Waals surface area contributed by atoms with Crippen molar-refractivity contribution in [3.63, 3.8) is 0 Å². The smallest absolute Gasteiger partial charge is 0.273 e. The second-order valence-electron chi connectivity index (χ2n) is 4.90. The molecule has 0 spiro atoms. The maximum atomic E-state index is 12.5. The van der Waals surface area contributed by atoms with Crippen LogP contribution in [0.4, 0.5) is 0 Å². The number of carbonyl (C=O) groups excluding carboxylic acids is 1. The zero-order valence-electron chi connectivity index (χ0n) is 12.2. The number of nitrogens with zero attached hydrogens (tertiary/aromatic N) is 2. The first-order valence-corrected chi connectivity index (χ1v) is 7.61. The third-order valence-corrected chi connectivity index (χ3v) is 4.46. The molecule has 0 radical (unpaired) electrons. The monoisotopic (exact) mass is 363 g/mol. The highest BCUT2D eigenvalue weighted by atomic mass is 35.5. The SMILES string of the molecule is CNCC1CCCN1C(=O)c1csc(-c2ccoc2)n1.Cl.Cl. The molecule has 122 valence electrons. The molecule has 1 amide bonds. The topological polar surface area (TPSA) is 58.4 Å². The van der Waals surface area contributed by atoms with Crippen molar-refractivity contribution in [3.05, 3.63) is 29.7 Å². The van der Waals surface area contributed by atoms with Gasteiger partial charge in [-0.3, -0.25) is 4.79 Å². The second kappa shape index (κ2) is 8.53. The lowest BCUT2D eigenvalue weighted by Gasteiger charge is -2.23. The van der Waals surface area contributed by atoms with E-state index in [1.165, 1.54) is 11.3 Å². The van der Waals surface area contributed by atoms with Crippen molar-refractivity contribution in [2.45, 2.75) is 18.9 Å². The van der Waals surface area contributed by atoms with Gasteiger partial charge in [-0.2, -0.15) is 0 Å². The normalized spacial score (nSPS) is 17.0. The zero-order valence-corrected chi connectivity index (χ0v) is 14.6. The fourth-order valence-electron chi connectivity index (χ4n) is 2.59. The minimum atomic E-state index is 0. The Kier molecular flexibility index (Phi) is 7.35. The lowest BCUT2D eigenvalue weighted by Crippen LogP contribution is -2.40. The Hall–Kier alpha value is -1.08. The average molecular weight is 364 g/mol. The molecule has 0 aromatic carbocycles. The molecule has 1 N–H and O–H groups in total. The number of hydrogen-bond acceptors (Lipinski definition) is 5. The number of furan rings is 1. The van der Waals surface area contributed by atoms with Gasteiger partial charge in [0.05, 0.1) is 6.26 Å². The van der Waals surface area contributed by atoms with E-state index < -0.39 is 0 Å². The second-order valence-corrected chi connectivity index (χ2v) is 5.76. The summed E-state index contributed by atoms with van der Waals surface area (Å²) in [4.78, 5) is 18.9. The van der Waals surface area contributed by atoms with Gasteiger partial charge in [-0.1, -0.05) is 0 Å². The summed E-state index contributed by atoms with van der Waals surface area (Å²) < 4.78 is 5.05. The first-order valence-electron chi connectivity index (χ1n) is 6.73. The van der Waals surface area contributed by atoms with Crippen molar-refractivity contribution >= 4 is 42.1 Å². The van der Waals surface area contributed by atoms with Gasteiger partial charge in [0.25, 0.3) is 5.91 Å². The summed E-state index contributed by atoms with van der Waals surface area (Å²) in [6, 6.07) is 2.14. The minimum absolute atomic E-state index is 0. The molecule has 1 unspecified atom stereocenters. The predicted octanol–water partition coefficient (Wildman–Crippen LogP) is 3.07. The van der Waals surface area contributed by atoms with Crippen molar-refractivity contribution < 1.29 is 9.21 Å². The largest absolute Gasteiger partial charge is 0.472 e. The molecule has 1 saturated heterocycles. The van der Waals surface area contributed by atoms with E-state index >= 15 is 0 Å². The highest BCUT2D eigenvalue weighted by Gasteiger charge is 2.30. The molecule has 3 rings (SSSR count). The van der Waals surface area contributed by atoms with Gasteiger partial charge in [0.2, 0.25) is 0 Å². The van der Waals surface area contributed by atoms with Crippen molar-refractivity contribution in [2.24, 2.45) is 0 Å². The highest BCUT2D eigenvalue weighted by molar-refractivity contribution is 7.13. The number of likely N-dealkylation sites (tertiary alicyclic amines) is 1. The van der Waals surface area contributed by atoms with Gasteiger partial charge < -0.3 is 14.6 Å². The van der Waals surface area contributed by atoms with E-state index in [1.807, 2.05) is 23.4 Å². The quantitative estimate of drug-likeness (QED) is 0.906. The van der Waals surface area contributed by atoms with Crippen LogP contribution in [0.15, 0.2) is 28.4 Å². The summed E-state index contributed by atoms with van der Waals surface area (Å²) in [6.07, 6.45) is 5.39. The Morgan fingerprint density at radius 3 is 3.05 bits per heavy atom. The maximum Gasteiger partial charge on any atom is 0.273 e. The number of aromatic nitrogens is 1. The Labute approximate surface area is 145 Å². The average Bonchev–Trinajstić information content (AvgIpc) is 3.19. The fraction of sp³-hybridized carbons (Fsp3) is 0.429. The van der Waals surface area contributed by atoms with Gasteiger partial charge in [0.15, 0.2) is 0 Å². The molecule has 0 aliphatic carbocycles. The molecule has 5 nitrogen and oxygen atoms in total. The number of thiazole rings is 1. The van der Waals surface area contributed by atoms with Crippen molar-refractivity contribution in [3.8, 4) is 10.6 Å². The number of nitrogens with one attached hydrogen (secondary N) is 1. The summed E-state index contributed by atoms with van der Waals surface area (Å²) in [5, 5.41) is 5.81. The molecule has 1 fully saturated rings. The lowest BCUT2D eigenvalue weighted by molar-refractivity contribution is 0.0732. The number of hydrogen-bond donors (Lipinski definition) is 1. The Morgan fingerprint density at radius 1 is 1.55 bits per heavy atom. The minimum Gasteiger partial charge on any atom is -0.472 e. The first kappa shape index (κ1) is 19.0. The third-order valence-electron chi connectivity index (χ3n) is 3.57. The lowest BCUT2D eigenvalue weighted by atomic mass is 10.2. The number of carbonyl (C=O) groups is 1. The van der Waals surface area contributed by atoms with Crippen molar-refractivity contribution in [2.75, 3.05) is 20.1 Å². The molecular formula is C14H19Cl2N3O2S. The van der Waals surface area contributed by atoms with E-state index in [-0.39, 0.29) is 36.8 Å². The van der Waals surface area contributed by atoms with Gasteiger partial charge in [0.1, 0.15) is 17.0 Å². The molecule has 0 saturated carbocycles. The maximum absolute atomic E-state index is 12.5. The Morgan fingerprint density at radius 2 is 2.36 bits per heavy atom. The molecule has 1 aliphatic heterocycles. The van der Waals surface area contributed by atoms with Crippen molar-refractivity contribution in [1.82, 2.24) is 15.2 Å². The van der Waals surface area contributed by atoms with E-state index in [1.54, 1.807) is 12.5 Å². The van der Waals surface area contributed by atoms with Gasteiger partial charge in [-0.05, 0) is 26.0 Å². The molecule has 1 atom stereocenters. The highest BCUT2D eigenvalue weighted by Crippen LogP contribution is 2.26. The van der Waals surface area contributed by atoms with Crippen LogP contribution in [0, 0.1) is 0 Å². The van der Waals surface area contributed by atoms with E-state index in [4.69, 9.17) is 4.42 Å². The van der Waals surface area contributed by atoms with Gasteiger partial charge in [-0.25, -0.2) is 4.98 Å². The molecule has 3 heterocycles. The molecule has 22 heavy (non-hydrogen) atoms. The van der Waals surface area contributed by atoms with Crippen LogP contribution in [0.1, 0.15) is 23.3 Å². The van der Waals surface area contributed by atoms with Crippen LogP contribution in [0.2, 0.25) is 0 Å². The van der Waals surface area contributed by atoms with Crippen molar-refractivity contribution in [1.29, 1.82) is 0 Å². The van der Waals surface area contributed by atoms with E-state index in [0.29, 0.717) is 5.69 Å². The summed E-state index contributed by atoms with van der Waals surface area (Å²) in [5.41, 5.74) is 1.46. The van der Waals surface area contributed by atoms with Crippen LogP contribution in [-0.2, 0) is 0 Å². The summed E-state index contributed by atoms with van der Waals surface area (Å²) in [6.45, 7) is 1.66. The van der Waals surface area contributed by atoms with Crippen LogP contribution in [0.5, 0.6) is 0 Å².